The van der Waals surface area contributed by atoms with E-state index in [1.165, 1.54) is 0 Å². The summed E-state index contributed by atoms with van der Waals surface area (Å²) in [5, 5.41) is 20.8. The zero-order valence-corrected chi connectivity index (χ0v) is 10.0. The van der Waals surface area contributed by atoms with Gasteiger partial charge in [0.2, 0.25) is 0 Å². The van der Waals surface area contributed by atoms with Crippen LogP contribution in [-0.4, -0.2) is 4.57 Å². The van der Waals surface area contributed by atoms with Gasteiger partial charge in [-0.15, -0.1) is 0 Å². The number of hydrogen-bond donors (Lipinski definition) is 1. The van der Waals surface area contributed by atoms with Crippen LogP contribution in [0.25, 0.3) is 0 Å². The van der Waals surface area contributed by atoms with Gasteiger partial charge in [0.05, 0.1) is 11.6 Å². The summed E-state index contributed by atoms with van der Waals surface area (Å²) in [4.78, 5) is 0. The van der Waals surface area contributed by atoms with E-state index in [0.29, 0.717) is 17.8 Å². The molecule has 0 aliphatic heterocycles. The van der Waals surface area contributed by atoms with E-state index in [2.05, 4.69) is 17.5 Å². The molecule has 1 heterocycles. The van der Waals surface area contributed by atoms with Crippen molar-refractivity contribution in [2.45, 2.75) is 6.54 Å². The molecule has 4 heteroatoms. The molecule has 0 saturated heterocycles. The smallest absolute Gasteiger partial charge is 0.120 e. The van der Waals surface area contributed by atoms with Crippen molar-refractivity contribution >= 4 is 5.69 Å². The topological polar surface area (TPSA) is 64.5 Å². The van der Waals surface area contributed by atoms with Crippen LogP contribution in [-0.2, 0) is 13.6 Å². The molecule has 0 amide bonds. The minimum atomic E-state index is 0.645. The predicted octanol–water partition coefficient (Wildman–Crippen LogP) is 2.38. The lowest BCUT2D eigenvalue weighted by molar-refractivity contribution is 0.902. The number of hydrogen-bond acceptors (Lipinski definition) is 3. The summed E-state index contributed by atoms with van der Waals surface area (Å²) < 4.78 is 1.80. The first-order valence-corrected chi connectivity index (χ1v) is 5.52. The Bertz CT molecular complexity index is 623. The molecule has 0 spiro atoms. The lowest BCUT2D eigenvalue weighted by Crippen LogP contribution is -1.98. The molecule has 1 N–H and O–H groups in total. The Morgan fingerprint density at radius 3 is 2.44 bits per heavy atom. The number of anilines is 1. The van der Waals surface area contributed by atoms with Crippen molar-refractivity contribution in [3.63, 3.8) is 0 Å². The van der Waals surface area contributed by atoms with Crippen LogP contribution in [0.15, 0.2) is 36.5 Å². The first-order chi connectivity index (χ1) is 8.72. The van der Waals surface area contributed by atoms with Gasteiger partial charge in [0.1, 0.15) is 11.8 Å². The van der Waals surface area contributed by atoms with E-state index in [0.717, 1.165) is 11.3 Å². The summed E-state index contributed by atoms with van der Waals surface area (Å²) in [7, 11) is 1.85. The number of benzene rings is 1. The van der Waals surface area contributed by atoms with E-state index in [9.17, 15) is 0 Å². The minimum absolute atomic E-state index is 0.645. The zero-order chi connectivity index (χ0) is 13.0. The molecule has 2 aromatic rings. The number of aromatic nitrogens is 1. The van der Waals surface area contributed by atoms with Gasteiger partial charge in [-0.05, 0) is 35.9 Å². The van der Waals surface area contributed by atoms with Gasteiger partial charge in [0, 0.05) is 25.5 Å². The van der Waals surface area contributed by atoms with Gasteiger partial charge >= 0.3 is 0 Å². The first-order valence-electron chi connectivity index (χ1n) is 5.52. The summed E-state index contributed by atoms with van der Waals surface area (Å²) in [6, 6.07) is 13.3. The van der Waals surface area contributed by atoms with Gasteiger partial charge in [0.15, 0.2) is 0 Å². The van der Waals surface area contributed by atoms with Crippen molar-refractivity contribution in [2.24, 2.45) is 7.05 Å². The highest BCUT2D eigenvalue weighted by Gasteiger charge is 2.01. The normalized spacial score (nSPS) is 9.50. The van der Waals surface area contributed by atoms with E-state index < -0.39 is 0 Å². The second kappa shape index (κ2) is 5.07. The van der Waals surface area contributed by atoms with E-state index in [-0.39, 0.29) is 0 Å². The molecule has 0 saturated carbocycles. The molecular weight excluding hydrogens is 224 g/mol. The molecule has 0 aliphatic carbocycles. The Balaban J connectivity index is 2.02. The third-order valence-electron chi connectivity index (χ3n) is 2.69. The van der Waals surface area contributed by atoms with Gasteiger partial charge in [0.25, 0.3) is 0 Å². The van der Waals surface area contributed by atoms with Gasteiger partial charge in [-0.25, -0.2) is 0 Å². The highest BCUT2D eigenvalue weighted by molar-refractivity contribution is 5.47. The SMILES string of the molecule is Cn1cc(CNc2ccc(C#N)cc2)cc1C#N. The van der Waals surface area contributed by atoms with Crippen LogP contribution in [0.5, 0.6) is 0 Å². The maximum atomic E-state index is 8.85. The first kappa shape index (κ1) is 11.8. The molecule has 4 nitrogen and oxygen atoms in total. The molecule has 0 unspecified atom stereocenters. The molecule has 0 radical (unpaired) electrons. The van der Waals surface area contributed by atoms with Gasteiger partial charge in [-0.1, -0.05) is 0 Å². The number of nitriles is 2. The largest absolute Gasteiger partial charge is 0.381 e. The highest BCUT2D eigenvalue weighted by Crippen LogP contribution is 2.12. The summed E-state index contributed by atoms with van der Waals surface area (Å²) in [5.41, 5.74) is 3.30. The van der Waals surface area contributed by atoms with Crippen molar-refractivity contribution in [3.8, 4) is 12.1 Å². The number of nitrogens with zero attached hydrogens (tertiary/aromatic N) is 3. The fourth-order valence-electron chi connectivity index (χ4n) is 1.71. The Hall–Kier alpha value is -2.72. The molecule has 88 valence electrons. The Morgan fingerprint density at radius 2 is 1.89 bits per heavy atom. The maximum Gasteiger partial charge on any atom is 0.120 e. The van der Waals surface area contributed by atoms with Gasteiger partial charge < -0.3 is 9.88 Å². The fourth-order valence-corrected chi connectivity index (χ4v) is 1.71. The lowest BCUT2D eigenvalue weighted by Gasteiger charge is -2.04. The average molecular weight is 236 g/mol. The van der Waals surface area contributed by atoms with Crippen molar-refractivity contribution in [1.82, 2.24) is 4.57 Å². The summed E-state index contributed by atoms with van der Waals surface area (Å²) >= 11 is 0. The van der Waals surface area contributed by atoms with Crippen LogP contribution >= 0.6 is 0 Å². The maximum absolute atomic E-state index is 8.85. The van der Waals surface area contributed by atoms with Crippen LogP contribution in [0.4, 0.5) is 5.69 Å². The lowest BCUT2D eigenvalue weighted by atomic mass is 10.2. The quantitative estimate of drug-likeness (QED) is 0.889. The van der Waals surface area contributed by atoms with Crippen LogP contribution < -0.4 is 5.32 Å². The average Bonchev–Trinajstić information content (AvgIpc) is 2.77. The number of nitrogens with one attached hydrogen (secondary N) is 1. The van der Waals surface area contributed by atoms with Crippen LogP contribution in [0.1, 0.15) is 16.8 Å². The molecular formula is C14H12N4. The van der Waals surface area contributed by atoms with E-state index in [4.69, 9.17) is 10.5 Å². The molecule has 0 fully saturated rings. The van der Waals surface area contributed by atoms with Crippen molar-refractivity contribution in [3.05, 3.63) is 53.3 Å². The van der Waals surface area contributed by atoms with Crippen LogP contribution in [0, 0.1) is 22.7 Å². The van der Waals surface area contributed by atoms with Crippen molar-refractivity contribution in [1.29, 1.82) is 10.5 Å². The van der Waals surface area contributed by atoms with Crippen molar-refractivity contribution in [2.75, 3.05) is 5.32 Å². The highest BCUT2D eigenvalue weighted by atomic mass is 14.9. The molecule has 2 rings (SSSR count). The Morgan fingerprint density at radius 1 is 1.17 bits per heavy atom. The monoisotopic (exact) mass is 236 g/mol. The molecule has 0 aliphatic rings. The Labute approximate surface area is 106 Å². The summed E-state index contributed by atoms with van der Waals surface area (Å²) in [5.74, 6) is 0. The molecule has 1 aromatic heterocycles. The van der Waals surface area contributed by atoms with E-state index >= 15 is 0 Å². The number of aryl methyl sites for hydroxylation is 1. The minimum Gasteiger partial charge on any atom is -0.381 e. The molecule has 0 atom stereocenters. The second-order valence-corrected chi connectivity index (χ2v) is 4.00. The third-order valence-corrected chi connectivity index (χ3v) is 2.69. The fraction of sp³-hybridized carbons (Fsp3) is 0.143. The molecule has 1 aromatic carbocycles. The van der Waals surface area contributed by atoms with Crippen LogP contribution in [0.2, 0.25) is 0 Å². The Kier molecular flexibility index (Phi) is 3.31. The summed E-state index contributed by atoms with van der Waals surface area (Å²) in [6.07, 6.45) is 1.93. The van der Waals surface area contributed by atoms with E-state index in [1.54, 1.807) is 16.7 Å². The molecule has 18 heavy (non-hydrogen) atoms. The van der Waals surface area contributed by atoms with E-state index in [1.807, 2.05) is 31.4 Å². The summed E-state index contributed by atoms with van der Waals surface area (Å²) in [6.45, 7) is 0.654. The van der Waals surface area contributed by atoms with Gasteiger partial charge in [-0.2, -0.15) is 10.5 Å². The third kappa shape index (κ3) is 2.50. The zero-order valence-electron chi connectivity index (χ0n) is 10.0. The predicted molar refractivity (Wildman–Crippen MR) is 68.6 cm³/mol. The number of rotatable bonds is 3. The van der Waals surface area contributed by atoms with Gasteiger partial charge in [-0.3, -0.25) is 0 Å². The van der Waals surface area contributed by atoms with Crippen LogP contribution in [0.3, 0.4) is 0 Å². The van der Waals surface area contributed by atoms with Crippen molar-refractivity contribution < 1.29 is 0 Å². The molecule has 0 bridgehead atoms. The second-order valence-electron chi connectivity index (χ2n) is 4.00. The standard InChI is InChI=1S/C14H12N4/c1-18-10-12(6-14(18)8-16)9-17-13-4-2-11(7-15)3-5-13/h2-6,10,17H,9H2,1H3.